The van der Waals surface area contributed by atoms with Crippen LogP contribution >= 0.6 is 15.9 Å². The highest BCUT2D eigenvalue weighted by atomic mass is 79.9. The number of aliphatic hydroxyl groups excluding tert-OH is 1. The summed E-state index contributed by atoms with van der Waals surface area (Å²) in [7, 11) is 0. The van der Waals surface area contributed by atoms with Crippen LogP contribution in [0.3, 0.4) is 0 Å². The van der Waals surface area contributed by atoms with Crippen molar-refractivity contribution in [3.8, 4) is 0 Å². The number of aryl methyl sites for hydroxylation is 1. The van der Waals surface area contributed by atoms with Crippen molar-refractivity contribution in [1.29, 1.82) is 0 Å². The molecule has 13 heavy (non-hydrogen) atoms. The first-order valence-corrected chi connectivity index (χ1v) is 5.47. The van der Waals surface area contributed by atoms with Crippen LogP contribution in [0.5, 0.6) is 0 Å². The SMILES string of the molecule is CC(O)c1cc(Br)cc2c1CCC2. The number of hydrogen-bond acceptors (Lipinski definition) is 1. The van der Waals surface area contributed by atoms with Crippen LogP contribution in [-0.2, 0) is 12.8 Å². The van der Waals surface area contributed by atoms with Crippen LogP contribution in [-0.4, -0.2) is 5.11 Å². The molecule has 1 aliphatic rings. The highest BCUT2D eigenvalue weighted by molar-refractivity contribution is 9.10. The quantitative estimate of drug-likeness (QED) is 0.801. The molecule has 0 bridgehead atoms. The van der Waals surface area contributed by atoms with E-state index in [-0.39, 0.29) is 6.10 Å². The minimum absolute atomic E-state index is 0.343. The molecular weight excluding hydrogens is 228 g/mol. The Morgan fingerprint density at radius 1 is 1.38 bits per heavy atom. The molecule has 1 atom stereocenters. The second-order valence-corrected chi connectivity index (χ2v) is 4.58. The molecule has 70 valence electrons. The molecule has 0 fully saturated rings. The van der Waals surface area contributed by atoms with Crippen LogP contribution in [0.1, 0.15) is 36.1 Å². The van der Waals surface area contributed by atoms with E-state index in [1.807, 2.05) is 13.0 Å². The Balaban J connectivity index is 2.55. The van der Waals surface area contributed by atoms with Gasteiger partial charge in [-0.25, -0.2) is 0 Å². The van der Waals surface area contributed by atoms with Crippen molar-refractivity contribution < 1.29 is 5.11 Å². The van der Waals surface area contributed by atoms with Gasteiger partial charge in [-0.1, -0.05) is 15.9 Å². The van der Waals surface area contributed by atoms with Gasteiger partial charge >= 0.3 is 0 Å². The van der Waals surface area contributed by atoms with Crippen LogP contribution in [0.2, 0.25) is 0 Å². The molecule has 0 amide bonds. The monoisotopic (exact) mass is 240 g/mol. The molecule has 0 saturated carbocycles. The van der Waals surface area contributed by atoms with E-state index < -0.39 is 0 Å². The zero-order valence-corrected chi connectivity index (χ0v) is 9.26. The van der Waals surface area contributed by atoms with Gasteiger partial charge in [-0.2, -0.15) is 0 Å². The summed E-state index contributed by atoms with van der Waals surface area (Å²) in [6, 6.07) is 4.21. The lowest BCUT2D eigenvalue weighted by Crippen LogP contribution is -1.98. The van der Waals surface area contributed by atoms with Crippen LogP contribution in [0, 0.1) is 0 Å². The summed E-state index contributed by atoms with van der Waals surface area (Å²) >= 11 is 3.47. The van der Waals surface area contributed by atoms with Gasteiger partial charge in [0.1, 0.15) is 0 Å². The standard InChI is InChI=1S/C11H13BrO/c1-7(13)11-6-9(12)5-8-3-2-4-10(8)11/h5-7,13H,2-4H2,1H3. The predicted octanol–water partition coefficient (Wildman–Crippen LogP) is 2.99. The maximum atomic E-state index is 9.59. The molecule has 0 heterocycles. The smallest absolute Gasteiger partial charge is 0.0765 e. The summed E-state index contributed by atoms with van der Waals surface area (Å²) < 4.78 is 1.09. The Hall–Kier alpha value is -0.340. The first-order valence-electron chi connectivity index (χ1n) is 4.68. The van der Waals surface area contributed by atoms with Crippen molar-refractivity contribution >= 4 is 15.9 Å². The lowest BCUT2D eigenvalue weighted by atomic mass is 10.00. The van der Waals surface area contributed by atoms with Crippen LogP contribution < -0.4 is 0 Å². The Morgan fingerprint density at radius 2 is 2.15 bits per heavy atom. The molecule has 2 rings (SSSR count). The fourth-order valence-electron chi connectivity index (χ4n) is 2.07. The second-order valence-electron chi connectivity index (χ2n) is 3.66. The van der Waals surface area contributed by atoms with E-state index in [0.717, 1.165) is 22.9 Å². The van der Waals surface area contributed by atoms with E-state index >= 15 is 0 Å². The third-order valence-electron chi connectivity index (χ3n) is 2.66. The molecule has 2 heteroatoms. The minimum Gasteiger partial charge on any atom is -0.389 e. The molecule has 1 unspecified atom stereocenters. The first-order chi connectivity index (χ1) is 6.18. The Kier molecular flexibility index (Phi) is 2.43. The van der Waals surface area contributed by atoms with Gasteiger partial charge in [0.05, 0.1) is 6.10 Å². The molecule has 0 spiro atoms. The summed E-state index contributed by atoms with van der Waals surface area (Å²) in [5.74, 6) is 0. The number of fused-ring (bicyclic) bond motifs is 1. The van der Waals surface area contributed by atoms with Crippen molar-refractivity contribution in [3.05, 3.63) is 33.3 Å². The van der Waals surface area contributed by atoms with E-state index in [0.29, 0.717) is 0 Å². The van der Waals surface area contributed by atoms with Crippen molar-refractivity contribution in [3.63, 3.8) is 0 Å². The minimum atomic E-state index is -0.343. The van der Waals surface area contributed by atoms with Gasteiger partial charge in [0.15, 0.2) is 0 Å². The fraction of sp³-hybridized carbons (Fsp3) is 0.455. The molecular formula is C11H13BrO. The van der Waals surface area contributed by atoms with E-state index in [9.17, 15) is 5.11 Å². The summed E-state index contributed by atoms with van der Waals surface area (Å²) in [4.78, 5) is 0. The van der Waals surface area contributed by atoms with Gasteiger partial charge < -0.3 is 5.11 Å². The van der Waals surface area contributed by atoms with E-state index in [2.05, 4.69) is 22.0 Å². The number of benzene rings is 1. The molecule has 1 nitrogen and oxygen atoms in total. The summed E-state index contributed by atoms with van der Waals surface area (Å²) in [5, 5.41) is 9.59. The first kappa shape index (κ1) is 9.22. The van der Waals surface area contributed by atoms with Gasteiger partial charge in [-0.05, 0) is 55.0 Å². The maximum absolute atomic E-state index is 9.59. The number of hydrogen-bond donors (Lipinski definition) is 1. The Bertz CT molecular complexity index is 331. The van der Waals surface area contributed by atoms with E-state index in [4.69, 9.17) is 0 Å². The molecule has 0 aliphatic heterocycles. The zero-order chi connectivity index (χ0) is 9.42. The Labute approximate surface area is 86.9 Å². The number of aliphatic hydroxyl groups is 1. The van der Waals surface area contributed by atoms with Crippen molar-refractivity contribution in [2.24, 2.45) is 0 Å². The molecule has 0 aromatic heterocycles. The summed E-state index contributed by atoms with van der Waals surface area (Å²) in [5.41, 5.74) is 3.88. The van der Waals surface area contributed by atoms with Crippen molar-refractivity contribution in [1.82, 2.24) is 0 Å². The third kappa shape index (κ3) is 1.65. The van der Waals surface area contributed by atoms with Crippen LogP contribution in [0.15, 0.2) is 16.6 Å². The molecule has 1 aromatic rings. The van der Waals surface area contributed by atoms with Gasteiger partial charge in [0, 0.05) is 4.47 Å². The molecule has 1 N–H and O–H groups in total. The summed E-state index contributed by atoms with van der Waals surface area (Å²) in [6.45, 7) is 1.83. The average molecular weight is 241 g/mol. The van der Waals surface area contributed by atoms with Crippen molar-refractivity contribution in [2.75, 3.05) is 0 Å². The molecule has 1 aromatic carbocycles. The maximum Gasteiger partial charge on any atom is 0.0765 e. The van der Waals surface area contributed by atoms with E-state index in [1.165, 1.54) is 17.5 Å². The topological polar surface area (TPSA) is 20.2 Å². The second kappa shape index (κ2) is 3.43. The highest BCUT2D eigenvalue weighted by Gasteiger charge is 2.17. The van der Waals surface area contributed by atoms with Crippen molar-refractivity contribution in [2.45, 2.75) is 32.3 Å². The normalized spacial score (nSPS) is 17.2. The summed E-state index contributed by atoms with van der Waals surface area (Å²) in [6.07, 6.45) is 3.17. The fourth-order valence-corrected chi connectivity index (χ4v) is 2.60. The molecule has 1 aliphatic carbocycles. The Morgan fingerprint density at radius 3 is 2.85 bits per heavy atom. The molecule has 0 radical (unpaired) electrons. The largest absolute Gasteiger partial charge is 0.389 e. The third-order valence-corrected chi connectivity index (χ3v) is 3.12. The number of rotatable bonds is 1. The van der Waals surface area contributed by atoms with Gasteiger partial charge in [-0.15, -0.1) is 0 Å². The predicted molar refractivity (Wildman–Crippen MR) is 56.8 cm³/mol. The van der Waals surface area contributed by atoms with Gasteiger partial charge in [0.2, 0.25) is 0 Å². The van der Waals surface area contributed by atoms with Crippen LogP contribution in [0.25, 0.3) is 0 Å². The average Bonchev–Trinajstić information content (AvgIpc) is 2.49. The number of halogens is 1. The van der Waals surface area contributed by atoms with E-state index in [1.54, 1.807) is 0 Å². The lowest BCUT2D eigenvalue weighted by molar-refractivity contribution is 0.198. The zero-order valence-electron chi connectivity index (χ0n) is 7.68. The lowest BCUT2D eigenvalue weighted by Gasteiger charge is -2.11. The highest BCUT2D eigenvalue weighted by Crippen LogP contribution is 2.32. The molecule has 0 saturated heterocycles. The van der Waals surface area contributed by atoms with Gasteiger partial charge in [0.25, 0.3) is 0 Å². The van der Waals surface area contributed by atoms with Crippen LogP contribution in [0.4, 0.5) is 0 Å². The van der Waals surface area contributed by atoms with Gasteiger partial charge in [-0.3, -0.25) is 0 Å².